The number of aromatic hydroxyl groups is 1. The van der Waals surface area contributed by atoms with Crippen molar-refractivity contribution in [3.63, 3.8) is 0 Å². The van der Waals surface area contributed by atoms with Gasteiger partial charge in [-0.1, -0.05) is 17.7 Å². The van der Waals surface area contributed by atoms with Crippen LogP contribution in [0.1, 0.15) is 15.9 Å². The molecule has 7 heteroatoms. The summed E-state index contributed by atoms with van der Waals surface area (Å²) in [7, 11) is 0. The Balaban J connectivity index is 2.32. The second kappa shape index (κ2) is 5.80. The molecule has 1 amide bonds. The molecule has 2 aromatic carbocycles. The third-order valence-electron chi connectivity index (χ3n) is 2.91. The average Bonchev–Trinajstić information content (AvgIpc) is 2.43. The lowest BCUT2D eigenvalue weighted by molar-refractivity contribution is -0.384. The topological polar surface area (TPSA) is 92.5 Å². The van der Waals surface area contributed by atoms with Crippen molar-refractivity contribution in [3.05, 3.63) is 62.7 Å². The average molecular weight is 307 g/mol. The monoisotopic (exact) mass is 306 g/mol. The van der Waals surface area contributed by atoms with Crippen molar-refractivity contribution in [2.45, 2.75) is 6.92 Å². The molecule has 0 spiro atoms. The number of phenols is 1. The van der Waals surface area contributed by atoms with Gasteiger partial charge < -0.3 is 10.4 Å². The molecule has 0 atom stereocenters. The van der Waals surface area contributed by atoms with Crippen LogP contribution < -0.4 is 5.32 Å². The van der Waals surface area contributed by atoms with Gasteiger partial charge in [-0.2, -0.15) is 0 Å². The molecule has 21 heavy (non-hydrogen) atoms. The summed E-state index contributed by atoms with van der Waals surface area (Å²) in [5.41, 5.74) is 0.724. The molecule has 0 aliphatic heterocycles. The second-order valence-electron chi connectivity index (χ2n) is 4.36. The maximum atomic E-state index is 12.1. The number of non-ortho nitro benzene ring substituents is 1. The van der Waals surface area contributed by atoms with Gasteiger partial charge in [-0.3, -0.25) is 14.9 Å². The molecule has 0 heterocycles. The number of amides is 1. The fourth-order valence-electron chi connectivity index (χ4n) is 1.76. The zero-order valence-corrected chi connectivity index (χ0v) is 11.7. The third-order valence-corrected chi connectivity index (χ3v) is 3.13. The molecule has 0 aromatic heterocycles. The van der Waals surface area contributed by atoms with Gasteiger partial charge >= 0.3 is 0 Å². The molecule has 0 fully saturated rings. The van der Waals surface area contributed by atoms with E-state index in [0.29, 0.717) is 11.3 Å². The van der Waals surface area contributed by atoms with Gasteiger partial charge in [0.1, 0.15) is 5.75 Å². The number of anilines is 1. The van der Waals surface area contributed by atoms with E-state index in [1.807, 2.05) is 0 Å². The van der Waals surface area contributed by atoms with Gasteiger partial charge in [-0.25, -0.2) is 0 Å². The summed E-state index contributed by atoms with van der Waals surface area (Å²) in [5, 5.41) is 23.0. The minimum absolute atomic E-state index is 0.0462. The van der Waals surface area contributed by atoms with E-state index in [-0.39, 0.29) is 22.0 Å². The van der Waals surface area contributed by atoms with Gasteiger partial charge in [0.2, 0.25) is 0 Å². The van der Waals surface area contributed by atoms with E-state index in [0.717, 1.165) is 12.1 Å². The molecule has 0 unspecified atom stereocenters. The summed E-state index contributed by atoms with van der Waals surface area (Å²) in [4.78, 5) is 22.3. The number of carbonyl (C=O) groups excluding carboxylic acids is 1. The van der Waals surface area contributed by atoms with Crippen LogP contribution in [0.15, 0.2) is 36.4 Å². The Bertz CT molecular complexity index is 731. The first-order valence-corrected chi connectivity index (χ1v) is 6.31. The molecule has 108 valence electrons. The van der Waals surface area contributed by atoms with Crippen LogP contribution in [-0.2, 0) is 0 Å². The molecule has 2 aromatic rings. The third kappa shape index (κ3) is 3.29. The van der Waals surface area contributed by atoms with Gasteiger partial charge in [0, 0.05) is 34.0 Å². The Morgan fingerprint density at radius 1 is 1.33 bits per heavy atom. The number of carbonyl (C=O) groups is 1. The lowest BCUT2D eigenvalue weighted by atomic mass is 10.1. The minimum Gasteiger partial charge on any atom is -0.508 e. The molecule has 0 radical (unpaired) electrons. The summed E-state index contributed by atoms with van der Waals surface area (Å²) in [5.74, 6) is -0.501. The SMILES string of the molecule is Cc1c(O)cccc1NC(=O)c1cc(Cl)cc([N+](=O)[O-])c1. The van der Waals surface area contributed by atoms with Gasteiger partial charge in [-0.15, -0.1) is 0 Å². The smallest absolute Gasteiger partial charge is 0.271 e. The molecule has 2 rings (SSSR count). The summed E-state index contributed by atoms with van der Waals surface area (Å²) in [6.07, 6.45) is 0. The minimum atomic E-state index is -0.623. The van der Waals surface area contributed by atoms with Gasteiger partial charge in [0.25, 0.3) is 11.6 Å². The van der Waals surface area contributed by atoms with Crippen LogP contribution in [-0.4, -0.2) is 15.9 Å². The first-order chi connectivity index (χ1) is 9.88. The molecular weight excluding hydrogens is 296 g/mol. The van der Waals surface area contributed by atoms with Crippen molar-refractivity contribution in [1.29, 1.82) is 0 Å². The number of nitrogens with one attached hydrogen (secondary N) is 1. The molecule has 0 aliphatic carbocycles. The molecular formula is C14H11ClN2O4. The standard InChI is InChI=1S/C14H11ClN2O4/c1-8-12(3-2-4-13(8)18)16-14(19)9-5-10(15)7-11(6-9)17(20)21/h2-7,18H,1H3,(H,16,19). The Morgan fingerprint density at radius 3 is 2.71 bits per heavy atom. The van der Waals surface area contributed by atoms with Crippen LogP contribution >= 0.6 is 11.6 Å². The lowest BCUT2D eigenvalue weighted by Gasteiger charge is -2.09. The van der Waals surface area contributed by atoms with Crippen molar-refractivity contribution in [2.24, 2.45) is 0 Å². The number of halogens is 1. The highest BCUT2D eigenvalue weighted by Gasteiger charge is 2.15. The maximum Gasteiger partial charge on any atom is 0.271 e. The predicted octanol–water partition coefficient (Wildman–Crippen LogP) is 3.51. The molecule has 0 saturated carbocycles. The van der Waals surface area contributed by atoms with Gasteiger partial charge in [0.15, 0.2) is 0 Å². The summed E-state index contributed by atoms with van der Waals surface area (Å²) >= 11 is 5.77. The van der Waals surface area contributed by atoms with E-state index in [1.165, 1.54) is 12.1 Å². The molecule has 6 nitrogen and oxygen atoms in total. The van der Waals surface area contributed by atoms with Crippen molar-refractivity contribution in [1.82, 2.24) is 0 Å². The van der Waals surface area contributed by atoms with Crippen molar-refractivity contribution in [3.8, 4) is 5.75 Å². The normalized spacial score (nSPS) is 10.2. The summed E-state index contributed by atoms with van der Waals surface area (Å²) in [6, 6.07) is 8.33. The molecule has 0 saturated heterocycles. The summed E-state index contributed by atoms with van der Waals surface area (Å²) in [6.45, 7) is 1.64. The van der Waals surface area contributed by atoms with Gasteiger partial charge in [-0.05, 0) is 25.1 Å². The first-order valence-electron chi connectivity index (χ1n) is 5.93. The number of nitrogens with zero attached hydrogens (tertiary/aromatic N) is 1. The Labute approximate surface area is 125 Å². The van der Waals surface area contributed by atoms with E-state index in [1.54, 1.807) is 19.1 Å². The Hall–Kier alpha value is -2.60. The van der Waals surface area contributed by atoms with Gasteiger partial charge in [0.05, 0.1) is 4.92 Å². The van der Waals surface area contributed by atoms with Crippen LogP contribution in [0, 0.1) is 17.0 Å². The number of nitro groups is 1. The van der Waals surface area contributed by atoms with E-state index in [9.17, 15) is 20.0 Å². The zero-order chi connectivity index (χ0) is 15.6. The molecule has 0 bridgehead atoms. The van der Waals surface area contributed by atoms with Crippen LogP contribution in [0.25, 0.3) is 0 Å². The molecule has 0 aliphatic rings. The number of rotatable bonds is 3. The van der Waals surface area contributed by atoms with Crippen molar-refractivity contribution in [2.75, 3.05) is 5.32 Å². The van der Waals surface area contributed by atoms with E-state index >= 15 is 0 Å². The number of nitro benzene ring substituents is 1. The zero-order valence-electron chi connectivity index (χ0n) is 11.0. The van der Waals surface area contributed by atoms with Crippen molar-refractivity contribution < 1.29 is 14.8 Å². The molecule has 2 N–H and O–H groups in total. The largest absolute Gasteiger partial charge is 0.508 e. The van der Waals surface area contributed by atoms with Crippen LogP contribution in [0.3, 0.4) is 0 Å². The van der Waals surface area contributed by atoms with Crippen molar-refractivity contribution >= 4 is 28.9 Å². The van der Waals surface area contributed by atoms with E-state index < -0.39 is 10.8 Å². The number of hydrogen-bond donors (Lipinski definition) is 2. The Morgan fingerprint density at radius 2 is 2.05 bits per heavy atom. The predicted molar refractivity (Wildman–Crippen MR) is 78.9 cm³/mol. The van der Waals surface area contributed by atoms with Crippen LogP contribution in [0.2, 0.25) is 5.02 Å². The fourth-order valence-corrected chi connectivity index (χ4v) is 1.99. The highest BCUT2D eigenvalue weighted by molar-refractivity contribution is 6.31. The Kier molecular flexibility index (Phi) is 4.09. The van der Waals surface area contributed by atoms with E-state index in [4.69, 9.17) is 11.6 Å². The highest BCUT2D eigenvalue weighted by Crippen LogP contribution is 2.26. The quantitative estimate of drug-likeness (QED) is 0.670. The van der Waals surface area contributed by atoms with E-state index in [2.05, 4.69) is 5.32 Å². The number of hydrogen-bond acceptors (Lipinski definition) is 4. The second-order valence-corrected chi connectivity index (χ2v) is 4.80. The maximum absolute atomic E-state index is 12.1. The fraction of sp³-hybridized carbons (Fsp3) is 0.0714. The lowest BCUT2D eigenvalue weighted by Crippen LogP contribution is -2.13. The van der Waals surface area contributed by atoms with Crippen LogP contribution in [0.5, 0.6) is 5.75 Å². The number of phenolic OH excluding ortho intramolecular Hbond substituents is 1. The highest BCUT2D eigenvalue weighted by atomic mass is 35.5. The first kappa shape index (κ1) is 14.8. The summed E-state index contributed by atoms with van der Waals surface area (Å²) < 4.78 is 0. The number of benzene rings is 2. The van der Waals surface area contributed by atoms with Crippen LogP contribution in [0.4, 0.5) is 11.4 Å².